The van der Waals surface area contributed by atoms with Crippen molar-refractivity contribution in [1.29, 1.82) is 0 Å². The fourth-order valence-corrected chi connectivity index (χ4v) is 10.0. The van der Waals surface area contributed by atoms with E-state index in [0.29, 0.717) is 17.7 Å². The number of hydrogen-bond donors (Lipinski definition) is 19. The quantitative estimate of drug-likeness (QED) is 0.0167. The van der Waals surface area contributed by atoms with E-state index in [2.05, 4.69) is 68.1 Å². The molecule has 0 saturated carbocycles. The maximum atomic E-state index is 14.4. The SMILES string of the molecule is CC(C)C[C@H](NC(=O)[C@H](CC(N)=O)NC(=O)CNC(=O)[C@@H](NC(=O)[C@H](CCCN=C(N)N)NC(=O)[C@H](CO)NC(=O)[C@H](Cc1cnc[nH]1)NC(=O)[C@@H](N)CC(N)=O)[C@@H](C)O)C(=O)N[C@@H](CC(C)C)C(=O)N[C@@H](Cc1ccccc1)C(=O)N[C@H](C(=O)N1CCC[C@H]1C(=O)O)C(C)C. The Morgan fingerprint density at radius 3 is 1.64 bits per heavy atom. The molecule has 0 unspecified atom stereocenters. The van der Waals surface area contributed by atoms with Crippen LogP contribution < -0.4 is 81.8 Å². The van der Waals surface area contributed by atoms with Gasteiger partial charge in [0.25, 0.3) is 0 Å². The summed E-state index contributed by atoms with van der Waals surface area (Å²) in [6.07, 6.45) is -0.526. The summed E-state index contributed by atoms with van der Waals surface area (Å²) in [4.78, 5) is 200. The van der Waals surface area contributed by atoms with Gasteiger partial charge in [-0.2, -0.15) is 0 Å². The summed E-state index contributed by atoms with van der Waals surface area (Å²) in [6, 6.07) is -7.83. The number of nitrogens with zero attached hydrogens (tertiary/aromatic N) is 3. The van der Waals surface area contributed by atoms with E-state index in [0.717, 1.165) is 6.92 Å². The molecule has 1 fully saturated rings. The molecule has 36 heteroatoms. The number of amides is 13. The zero-order chi connectivity index (χ0) is 72.1. The number of carboxylic acids is 1. The zero-order valence-electron chi connectivity index (χ0n) is 54.9. The minimum atomic E-state index is -1.88. The number of hydrogen-bond acceptors (Lipinski definition) is 19. The fraction of sp³-hybridized carbons (Fsp3) is 0.600. The van der Waals surface area contributed by atoms with Crippen molar-refractivity contribution >= 4 is 88.7 Å². The monoisotopic (exact) mass is 1350 g/mol. The largest absolute Gasteiger partial charge is 0.480 e. The van der Waals surface area contributed by atoms with Crippen LogP contribution in [0, 0.1) is 17.8 Å². The molecule has 1 saturated heterocycles. The molecule has 0 spiro atoms. The third kappa shape index (κ3) is 27.6. The number of nitrogens with one attached hydrogen (secondary N) is 11. The van der Waals surface area contributed by atoms with Crippen LogP contribution >= 0.6 is 0 Å². The van der Waals surface area contributed by atoms with Crippen molar-refractivity contribution in [2.75, 3.05) is 26.2 Å². The van der Waals surface area contributed by atoms with Crippen molar-refractivity contribution in [2.45, 2.75) is 185 Å². The van der Waals surface area contributed by atoms with Gasteiger partial charge in [-0.25, -0.2) is 9.78 Å². The first-order valence-corrected chi connectivity index (χ1v) is 31.3. The van der Waals surface area contributed by atoms with E-state index in [1.807, 2.05) is 0 Å². The molecule has 1 aromatic carbocycles. The van der Waals surface area contributed by atoms with Crippen LogP contribution in [0.3, 0.4) is 0 Å². The Kier molecular flexibility index (Phi) is 33.3. The van der Waals surface area contributed by atoms with Crippen LogP contribution in [0.25, 0.3) is 0 Å². The van der Waals surface area contributed by atoms with Gasteiger partial charge in [-0.3, -0.25) is 67.3 Å². The first-order valence-electron chi connectivity index (χ1n) is 31.3. The third-order valence-electron chi connectivity index (χ3n) is 15.0. The molecule has 0 bridgehead atoms. The van der Waals surface area contributed by atoms with E-state index in [9.17, 15) is 82.4 Å². The number of aliphatic imine (C=N–C) groups is 1. The minimum Gasteiger partial charge on any atom is -0.480 e. The van der Waals surface area contributed by atoms with Crippen molar-refractivity contribution in [3.63, 3.8) is 0 Å². The van der Waals surface area contributed by atoms with E-state index < -0.39 is 187 Å². The zero-order valence-corrected chi connectivity index (χ0v) is 54.9. The summed E-state index contributed by atoms with van der Waals surface area (Å²) < 4.78 is 0. The predicted molar refractivity (Wildman–Crippen MR) is 343 cm³/mol. The number of aromatic nitrogens is 2. The molecule has 3 rings (SSSR count). The highest BCUT2D eigenvalue weighted by atomic mass is 16.4. The average Bonchev–Trinajstić information content (AvgIpc) is 1.55. The summed E-state index contributed by atoms with van der Waals surface area (Å²) in [5, 5.41) is 55.2. The van der Waals surface area contributed by atoms with Crippen LogP contribution in [-0.2, 0) is 80.0 Å². The third-order valence-corrected chi connectivity index (χ3v) is 15.0. The number of guanidine groups is 1. The minimum absolute atomic E-state index is 0.00744. The summed E-state index contributed by atoms with van der Waals surface area (Å²) in [6.45, 7) is 9.44. The molecule has 96 heavy (non-hydrogen) atoms. The Morgan fingerprint density at radius 2 is 1.11 bits per heavy atom. The maximum Gasteiger partial charge on any atom is 0.326 e. The molecule has 1 aromatic heterocycles. The number of likely N-dealkylation sites (tertiary alicyclic amines) is 1. The van der Waals surface area contributed by atoms with Crippen molar-refractivity contribution < 1.29 is 82.4 Å². The van der Waals surface area contributed by atoms with Crippen molar-refractivity contribution in [3.05, 3.63) is 54.1 Å². The number of aliphatic hydroxyl groups excluding tert-OH is 2. The lowest BCUT2D eigenvalue weighted by Crippen LogP contribution is -2.61. The van der Waals surface area contributed by atoms with Crippen LogP contribution in [0.5, 0.6) is 0 Å². The number of carbonyl (C=O) groups excluding carboxylic acids is 13. The molecular formula is C60H95N19O17. The van der Waals surface area contributed by atoms with Crippen molar-refractivity contribution in [2.24, 2.45) is 51.4 Å². The standard InChI is InChI=1S/C60H95N19O17/c1-29(2)19-37(51(87)73-38(20-30(3)4)52(88)75-39(21-33-13-9-8-10-14-33)55(91)77-47(31(5)6)58(94)79-18-12-16-43(79)59(95)96)74-54(90)41(24-45(63)83)70-46(84)26-68-57(93)48(32(7)81)78-50(86)36(15-11-17-67-60(64)65)71-56(92)42(27-80)76-53(89)40(22-34-25-66-28-69-34)72-49(85)35(61)23-44(62)82/h8-10,13-14,25,28-32,35-43,47-48,80-81H,11-12,15-24,26-27,61H2,1-7H3,(H2,62,82)(H2,63,83)(H,66,69)(H,68,93)(H,70,84)(H,71,92)(H,72,85)(H,73,87)(H,74,90)(H,75,88)(H,76,89)(H,77,91)(H,78,86)(H,95,96)(H4,64,65,67)/t32-,35+,36+,37+,38+,39+,40+,41+,42+,43+,47+,48+/m1/s1. The van der Waals surface area contributed by atoms with Gasteiger partial charge in [0.2, 0.25) is 76.8 Å². The maximum absolute atomic E-state index is 14.4. The van der Waals surface area contributed by atoms with E-state index in [1.54, 1.807) is 71.9 Å². The summed E-state index contributed by atoms with van der Waals surface area (Å²) in [5.74, 6) is -15.4. The molecule has 1 aliphatic heterocycles. The summed E-state index contributed by atoms with van der Waals surface area (Å²) >= 11 is 0. The Balaban J connectivity index is 1.80. The van der Waals surface area contributed by atoms with Crippen LogP contribution in [0.2, 0.25) is 0 Å². The number of benzene rings is 1. The predicted octanol–water partition coefficient (Wildman–Crippen LogP) is -7.00. The van der Waals surface area contributed by atoms with Gasteiger partial charge in [-0.15, -0.1) is 0 Å². The van der Waals surface area contributed by atoms with E-state index in [1.165, 1.54) is 17.4 Å². The molecule has 2 heterocycles. The summed E-state index contributed by atoms with van der Waals surface area (Å²) in [7, 11) is 0. The molecular weight excluding hydrogens is 1260 g/mol. The molecule has 532 valence electrons. The first kappa shape index (κ1) is 80.4. The number of H-pyrrole nitrogens is 1. The average molecular weight is 1350 g/mol. The molecule has 12 atom stereocenters. The molecule has 0 radical (unpaired) electrons. The normalized spacial score (nSPS) is 16.2. The number of aliphatic carboxylic acids is 1. The Morgan fingerprint density at radius 1 is 0.615 bits per heavy atom. The van der Waals surface area contributed by atoms with E-state index in [-0.39, 0.29) is 75.8 Å². The molecule has 0 aliphatic carbocycles. The number of carbonyl (C=O) groups is 14. The van der Waals surface area contributed by atoms with Crippen LogP contribution in [0.15, 0.2) is 47.8 Å². The second-order valence-electron chi connectivity index (χ2n) is 24.5. The number of rotatable bonds is 41. The van der Waals surface area contributed by atoms with E-state index in [4.69, 9.17) is 28.7 Å². The Labute approximate surface area is 554 Å². The van der Waals surface area contributed by atoms with E-state index >= 15 is 0 Å². The van der Waals surface area contributed by atoms with Gasteiger partial charge in [0.1, 0.15) is 60.4 Å². The van der Waals surface area contributed by atoms with Crippen molar-refractivity contribution in [1.82, 2.24) is 68.0 Å². The topological polar surface area (TPSA) is 594 Å². The number of nitrogens with two attached hydrogens (primary N) is 5. The Hall–Kier alpha value is -9.84. The number of imidazole rings is 1. The smallest absolute Gasteiger partial charge is 0.326 e. The molecule has 36 nitrogen and oxygen atoms in total. The van der Waals surface area contributed by atoms with Gasteiger partial charge in [0.15, 0.2) is 5.96 Å². The molecule has 2 aromatic rings. The lowest BCUT2D eigenvalue weighted by atomic mass is 9.98. The van der Waals surface area contributed by atoms with Crippen molar-refractivity contribution in [3.8, 4) is 0 Å². The van der Waals surface area contributed by atoms with Crippen LogP contribution in [0.4, 0.5) is 0 Å². The fourth-order valence-electron chi connectivity index (χ4n) is 10.0. The van der Waals surface area contributed by atoms with Crippen LogP contribution in [-0.4, -0.2) is 218 Å². The van der Waals surface area contributed by atoms with Gasteiger partial charge in [0.05, 0.1) is 44.5 Å². The number of primary amides is 2. The number of aliphatic hydroxyl groups is 2. The number of carboxylic acid groups (broad SMARTS) is 1. The highest BCUT2D eigenvalue weighted by Gasteiger charge is 2.41. The van der Waals surface area contributed by atoms with Gasteiger partial charge < -0.3 is 107 Å². The second kappa shape index (κ2) is 39.8. The van der Waals surface area contributed by atoms with Gasteiger partial charge >= 0.3 is 5.97 Å². The van der Waals surface area contributed by atoms with Gasteiger partial charge in [0, 0.05) is 37.8 Å². The highest BCUT2D eigenvalue weighted by molar-refractivity contribution is 6.00. The second-order valence-corrected chi connectivity index (χ2v) is 24.5. The Bertz CT molecular complexity index is 3040. The first-order chi connectivity index (χ1) is 45.1. The molecule has 13 amide bonds. The van der Waals surface area contributed by atoms with Crippen LogP contribution in [0.1, 0.15) is 111 Å². The van der Waals surface area contributed by atoms with Gasteiger partial charge in [-0.05, 0) is 68.8 Å². The summed E-state index contributed by atoms with van der Waals surface area (Å²) in [5.41, 5.74) is 28.2. The molecule has 1 aliphatic rings. The lowest BCUT2D eigenvalue weighted by molar-refractivity contribution is -0.150. The highest BCUT2D eigenvalue weighted by Crippen LogP contribution is 2.21. The lowest BCUT2D eigenvalue weighted by Gasteiger charge is -2.31. The number of aromatic amines is 1. The van der Waals surface area contributed by atoms with Gasteiger partial charge in [-0.1, -0.05) is 71.9 Å². The molecule has 24 N–H and O–H groups in total.